The third-order valence-electron chi connectivity index (χ3n) is 5.24. The van der Waals surface area contributed by atoms with E-state index in [1.807, 2.05) is 91.9 Å². The largest absolute Gasteiger partial charge is 0.465 e. The van der Waals surface area contributed by atoms with Crippen molar-refractivity contribution in [3.8, 4) is 0 Å². The summed E-state index contributed by atoms with van der Waals surface area (Å²) in [6.07, 6.45) is 5.66. The first-order valence-corrected chi connectivity index (χ1v) is 11.6. The van der Waals surface area contributed by atoms with Crippen molar-refractivity contribution in [2.45, 2.75) is 23.3 Å². The smallest absolute Gasteiger partial charge is 0.252 e. The Balaban J connectivity index is 1.32. The SMILES string of the molecule is Cc1ccc(CNC(=O)c2ccccc2Sc2ccc3c(/C=C/c4ccccn4)n[nH]c3c2)o1. The minimum atomic E-state index is -0.137. The zero-order chi connectivity index (χ0) is 23.3. The fourth-order valence-electron chi connectivity index (χ4n) is 3.56. The number of aryl methyl sites for hydroxylation is 1. The van der Waals surface area contributed by atoms with E-state index < -0.39 is 0 Å². The van der Waals surface area contributed by atoms with E-state index in [4.69, 9.17) is 4.42 Å². The molecule has 2 aromatic carbocycles. The molecule has 0 atom stereocenters. The van der Waals surface area contributed by atoms with E-state index in [0.717, 1.165) is 43.6 Å². The highest BCUT2D eigenvalue weighted by atomic mass is 32.2. The number of hydrogen-bond acceptors (Lipinski definition) is 5. The molecule has 6 nitrogen and oxygen atoms in total. The van der Waals surface area contributed by atoms with E-state index in [1.165, 1.54) is 0 Å². The van der Waals surface area contributed by atoms with Crippen LogP contribution in [0.4, 0.5) is 0 Å². The Morgan fingerprint density at radius 2 is 1.94 bits per heavy atom. The van der Waals surface area contributed by atoms with Crippen LogP contribution in [0, 0.1) is 6.92 Å². The molecule has 7 heteroatoms. The lowest BCUT2D eigenvalue weighted by Gasteiger charge is -2.09. The van der Waals surface area contributed by atoms with E-state index in [0.29, 0.717) is 12.1 Å². The molecule has 5 rings (SSSR count). The Kier molecular flexibility index (Phi) is 6.27. The van der Waals surface area contributed by atoms with Gasteiger partial charge in [-0.15, -0.1) is 0 Å². The zero-order valence-corrected chi connectivity index (χ0v) is 19.3. The Labute approximate surface area is 201 Å². The summed E-state index contributed by atoms with van der Waals surface area (Å²) in [7, 11) is 0. The summed E-state index contributed by atoms with van der Waals surface area (Å²) in [4.78, 5) is 19.0. The molecule has 3 heterocycles. The van der Waals surface area contributed by atoms with Crippen LogP contribution in [0.2, 0.25) is 0 Å². The number of nitrogens with one attached hydrogen (secondary N) is 2. The molecular weight excluding hydrogens is 444 g/mol. The van der Waals surface area contributed by atoms with Crippen molar-refractivity contribution in [2.75, 3.05) is 0 Å². The number of furan rings is 1. The molecule has 34 heavy (non-hydrogen) atoms. The minimum absolute atomic E-state index is 0.137. The Morgan fingerprint density at radius 1 is 1.06 bits per heavy atom. The van der Waals surface area contributed by atoms with Crippen molar-refractivity contribution >= 4 is 40.7 Å². The standard InChI is InChI=1S/C27H22N4O2S/c1-18-9-11-20(33-18)17-29-27(32)23-7-2-3-8-26(23)34-21-12-13-22-24(30-31-25(22)16-21)14-10-19-6-4-5-15-28-19/h2-16H,17H2,1H3,(H,29,32)(H,30,31)/b14-10+. The number of rotatable bonds is 7. The predicted octanol–water partition coefficient (Wildman–Crippen LogP) is 6.11. The topological polar surface area (TPSA) is 83.8 Å². The molecule has 3 aromatic heterocycles. The second-order valence-corrected chi connectivity index (χ2v) is 8.81. The van der Waals surface area contributed by atoms with Crippen LogP contribution in [0.15, 0.2) is 93.2 Å². The number of aromatic amines is 1. The quantitative estimate of drug-likeness (QED) is 0.302. The molecule has 0 bridgehead atoms. The fraction of sp³-hybridized carbons (Fsp3) is 0.0741. The van der Waals surface area contributed by atoms with Gasteiger partial charge in [-0.25, -0.2) is 0 Å². The van der Waals surface area contributed by atoms with Gasteiger partial charge in [0, 0.05) is 21.4 Å². The first kappa shape index (κ1) is 21.7. The summed E-state index contributed by atoms with van der Waals surface area (Å²) in [5.41, 5.74) is 3.29. The summed E-state index contributed by atoms with van der Waals surface area (Å²) < 4.78 is 5.54. The average Bonchev–Trinajstić information content (AvgIpc) is 3.47. The molecule has 0 spiro atoms. The maximum Gasteiger partial charge on any atom is 0.252 e. The normalized spacial score (nSPS) is 11.3. The summed E-state index contributed by atoms with van der Waals surface area (Å²) >= 11 is 1.54. The first-order chi connectivity index (χ1) is 16.7. The first-order valence-electron chi connectivity index (χ1n) is 10.8. The highest BCUT2D eigenvalue weighted by Gasteiger charge is 2.13. The molecule has 0 saturated carbocycles. The van der Waals surface area contributed by atoms with Crippen LogP contribution in [0.5, 0.6) is 0 Å². The van der Waals surface area contributed by atoms with E-state index >= 15 is 0 Å². The van der Waals surface area contributed by atoms with E-state index in [9.17, 15) is 4.79 Å². The van der Waals surface area contributed by atoms with E-state index in [-0.39, 0.29) is 5.91 Å². The molecule has 0 radical (unpaired) electrons. The van der Waals surface area contributed by atoms with Gasteiger partial charge in [-0.1, -0.05) is 30.0 Å². The number of amides is 1. The number of carbonyl (C=O) groups excluding carboxylic acids is 1. The zero-order valence-electron chi connectivity index (χ0n) is 18.5. The third-order valence-corrected chi connectivity index (χ3v) is 6.31. The highest BCUT2D eigenvalue weighted by molar-refractivity contribution is 7.99. The number of pyridine rings is 1. The summed E-state index contributed by atoms with van der Waals surface area (Å²) in [6, 6.07) is 23.3. The van der Waals surface area contributed by atoms with Crippen molar-refractivity contribution < 1.29 is 9.21 Å². The molecule has 0 aliphatic carbocycles. The van der Waals surface area contributed by atoms with Crippen LogP contribution in [0.1, 0.15) is 33.3 Å². The molecule has 0 aliphatic heterocycles. The lowest BCUT2D eigenvalue weighted by atomic mass is 10.2. The van der Waals surface area contributed by atoms with Gasteiger partial charge in [0.15, 0.2) is 0 Å². The van der Waals surface area contributed by atoms with Crippen LogP contribution in [0.3, 0.4) is 0 Å². The second-order valence-electron chi connectivity index (χ2n) is 7.70. The molecule has 0 unspecified atom stereocenters. The van der Waals surface area contributed by atoms with Gasteiger partial charge in [0.25, 0.3) is 5.91 Å². The lowest BCUT2D eigenvalue weighted by Crippen LogP contribution is -2.23. The number of H-pyrrole nitrogens is 1. The van der Waals surface area contributed by atoms with E-state index in [1.54, 1.807) is 18.0 Å². The van der Waals surface area contributed by atoms with Gasteiger partial charge in [-0.05, 0) is 73.7 Å². The number of aromatic nitrogens is 3. The molecule has 0 fully saturated rings. The van der Waals surface area contributed by atoms with Crippen LogP contribution in [-0.2, 0) is 6.54 Å². The summed E-state index contributed by atoms with van der Waals surface area (Å²) in [5, 5.41) is 11.5. The van der Waals surface area contributed by atoms with Crippen molar-refractivity contribution in [2.24, 2.45) is 0 Å². The summed E-state index contributed by atoms with van der Waals surface area (Å²) in [5.74, 6) is 1.42. The van der Waals surface area contributed by atoms with Crippen LogP contribution in [0.25, 0.3) is 23.1 Å². The van der Waals surface area contributed by atoms with Crippen LogP contribution < -0.4 is 5.32 Å². The number of benzene rings is 2. The van der Waals surface area contributed by atoms with Crippen molar-refractivity contribution in [3.63, 3.8) is 0 Å². The molecule has 1 amide bonds. The Morgan fingerprint density at radius 3 is 2.76 bits per heavy atom. The maximum absolute atomic E-state index is 12.8. The Hall–Kier alpha value is -4.10. The van der Waals surface area contributed by atoms with Crippen molar-refractivity contribution in [1.82, 2.24) is 20.5 Å². The second kappa shape index (κ2) is 9.80. The van der Waals surface area contributed by atoms with Crippen molar-refractivity contribution in [3.05, 3.63) is 107 Å². The van der Waals surface area contributed by atoms with Gasteiger partial charge < -0.3 is 9.73 Å². The van der Waals surface area contributed by atoms with Gasteiger partial charge in [0.2, 0.25) is 0 Å². The van der Waals surface area contributed by atoms with E-state index in [2.05, 4.69) is 20.5 Å². The van der Waals surface area contributed by atoms with Crippen molar-refractivity contribution in [1.29, 1.82) is 0 Å². The van der Waals surface area contributed by atoms with Gasteiger partial charge >= 0.3 is 0 Å². The molecule has 0 saturated heterocycles. The van der Waals surface area contributed by atoms with Gasteiger partial charge in [0.05, 0.1) is 29.0 Å². The maximum atomic E-state index is 12.8. The van der Waals surface area contributed by atoms with Gasteiger partial charge in [-0.2, -0.15) is 5.10 Å². The fourth-order valence-corrected chi connectivity index (χ4v) is 4.55. The number of carbonyl (C=O) groups is 1. The molecule has 2 N–H and O–H groups in total. The number of hydrogen-bond donors (Lipinski definition) is 2. The molecule has 5 aromatic rings. The molecule has 168 valence electrons. The summed E-state index contributed by atoms with van der Waals surface area (Å²) in [6.45, 7) is 2.23. The highest BCUT2D eigenvalue weighted by Crippen LogP contribution is 2.33. The predicted molar refractivity (Wildman–Crippen MR) is 134 cm³/mol. The monoisotopic (exact) mass is 466 g/mol. The minimum Gasteiger partial charge on any atom is -0.465 e. The molecule has 0 aliphatic rings. The van der Waals surface area contributed by atoms with Crippen LogP contribution in [-0.4, -0.2) is 21.1 Å². The average molecular weight is 467 g/mol. The number of nitrogens with zero attached hydrogens (tertiary/aromatic N) is 2. The van der Waals surface area contributed by atoms with Crippen LogP contribution >= 0.6 is 11.8 Å². The Bertz CT molecular complexity index is 1470. The number of fused-ring (bicyclic) bond motifs is 1. The molecular formula is C27H22N4O2S. The lowest BCUT2D eigenvalue weighted by molar-refractivity contribution is 0.0945. The van der Waals surface area contributed by atoms with Gasteiger partial charge in [-0.3, -0.25) is 14.9 Å². The van der Waals surface area contributed by atoms with Gasteiger partial charge in [0.1, 0.15) is 11.5 Å². The third kappa shape index (κ3) is 4.94.